The number of piperazine rings is 2. The molecule has 5 aromatic rings. The molecule has 2 aliphatic heterocycles. The standard InChI is InChI=1S/C27H27Cl2N7O3.C11H19N5/c1-4-35-9-11-36(12-10-35)27-32-14-16(15-33-27)34-26(37)18-6-5-17(24-25(18)31-8-7-30-24)21-22(28)19(38-2)13-20(39-3)23(21)29;1-9(2)15-3-5-16(6-4-15)11-13-7-10(12)8-14-11/h5-8,13-15H,4,9-12H2,1-3H3,(H,34,37);7-9H,3-6,12H2,1-2H3. The topological polar surface area (TPSA) is 164 Å². The van der Waals surface area contributed by atoms with Crippen LogP contribution in [0.2, 0.25) is 10.0 Å². The Labute approximate surface area is 330 Å². The van der Waals surface area contributed by atoms with Crippen molar-refractivity contribution in [2.24, 2.45) is 0 Å². The maximum atomic E-state index is 13.3. The van der Waals surface area contributed by atoms with Gasteiger partial charge in [0.15, 0.2) is 0 Å². The number of nitrogens with zero attached hydrogens (tertiary/aromatic N) is 10. The van der Waals surface area contributed by atoms with Crippen LogP contribution in [0.5, 0.6) is 11.5 Å². The number of fused-ring (bicyclic) bond motifs is 1. The van der Waals surface area contributed by atoms with Gasteiger partial charge in [0, 0.05) is 88.0 Å². The largest absolute Gasteiger partial charge is 0.495 e. The van der Waals surface area contributed by atoms with Crippen molar-refractivity contribution >= 4 is 63.4 Å². The van der Waals surface area contributed by atoms with Crippen LogP contribution in [0.3, 0.4) is 0 Å². The van der Waals surface area contributed by atoms with Gasteiger partial charge in [0.25, 0.3) is 5.91 Å². The van der Waals surface area contributed by atoms with E-state index in [1.165, 1.54) is 20.4 Å². The highest BCUT2D eigenvalue weighted by molar-refractivity contribution is 6.41. The second kappa shape index (κ2) is 18.0. The van der Waals surface area contributed by atoms with E-state index in [2.05, 4.69) is 75.6 Å². The number of halogens is 2. The average molecular weight is 790 g/mol. The highest BCUT2D eigenvalue weighted by Crippen LogP contribution is 2.47. The van der Waals surface area contributed by atoms with Crippen LogP contribution in [0.4, 0.5) is 23.3 Å². The van der Waals surface area contributed by atoms with Crippen LogP contribution in [-0.4, -0.2) is 125 Å². The normalized spacial score (nSPS) is 15.1. The molecule has 2 saturated heterocycles. The van der Waals surface area contributed by atoms with Crippen LogP contribution < -0.4 is 30.3 Å². The lowest BCUT2D eigenvalue weighted by Gasteiger charge is -2.36. The fraction of sp³-hybridized carbons (Fsp3) is 0.395. The molecule has 0 unspecified atom stereocenters. The zero-order valence-electron chi connectivity index (χ0n) is 31.7. The summed E-state index contributed by atoms with van der Waals surface area (Å²) >= 11 is 13.3. The molecule has 0 aliphatic carbocycles. The van der Waals surface area contributed by atoms with E-state index in [4.69, 9.17) is 38.4 Å². The Morgan fingerprint density at radius 2 is 1.31 bits per heavy atom. The number of hydrogen-bond donors (Lipinski definition) is 2. The van der Waals surface area contributed by atoms with Crippen molar-refractivity contribution in [1.29, 1.82) is 0 Å². The predicted octanol–water partition coefficient (Wildman–Crippen LogP) is 5.39. The van der Waals surface area contributed by atoms with Gasteiger partial charge in [0.2, 0.25) is 11.9 Å². The predicted molar refractivity (Wildman–Crippen MR) is 218 cm³/mol. The molecular weight excluding hydrogens is 743 g/mol. The highest BCUT2D eigenvalue weighted by Gasteiger charge is 2.24. The van der Waals surface area contributed by atoms with Gasteiger partial charge >= 0.3 is 0 Å². The maximum Gasteiger partial charge on any atom is 0.258 e. The third-order valence-electron chi connectivity index (χ3n) is 9.70. The molecule has 2 fully saturated rings. The van der Waals surface area contributed by atoms with Gasteiger partial charge in [0.05, 0.1) is 71.5 Å². The number of amides is 1. The second-order valence-corrected chi connectivity index (χ2v) is 14.0. The second-order valence-electron chi connectivity index (χ2n) is 13.3. The van der Waals surface area contributed by atoms with Crippen LogP contribution in [0, 0.1) is 0 Å². The SMILES string of the molecule is CC(C)N1CCN(c2ncc(N)cn2)CC1.CCN1CCN(c2ncc(NC(=O)c3ccc(-c4c(Cl)c(OC)cc(OC)c4Cl)c4nccnc34)cn2)CC1. The molecular formula is C38H46Cl2N12O3. The van der Waals surface area contributed by atoms with Gasteiger partial charge in [-0.1, -0.05) is 36.2 Å². The third-order valence-corrected chi connectivity index (χ3v) is 10.4. The minimum absolute atomic E-state index is 0.292. The first kappa shape index (κ1) is 39.6. The number of hydrogen-bond acceptors (Lipinski definition) is 14. The van der Waals surface area contributed by atoms with Gasteiger partial charge in [-0.3, -0.25) is 19.7 Å². The fourth-order valence-corrected chi connectivity index (χ4v) is 7.21. The summed E-state index contributed by atoms with van der Waals surface area (Å²) in [5.74, 6) is 1.84. The average Bonchev–Trinajstić information content (AvgIpc) is 3.22. The Morgan fingerprint density at radius 3 is 1.84 bits per heavy atom. The highest BCUT2D eigenvalue weighted by atomic mass is 35.5. The Morgan fingerprint density at radius 1 is 0.782 bits per heavy atom. The first-order valence-corrected chi connectivity index (χ1v) is 18.9. The van der Waals surface area contributed by atoms with Crippen LogP contribution in [-0.2, 0) is 0 Å². The fourth-order valence-electron chi connectivity index (χ4n) is 6.51. The molecule has 0 spiro atoms. The summed E-state index contributed by atoms with van der Waals surface area (Å²) in [4.78, 5) is 48.9. The molecule has 3 N–H and O–H groups in total. The smallest absolute Gasteiger partial charge is 0.258 e. The number of nitrogen functional groups attached to an aromatic ring is 1. The number of carbonyl (C=O) groups is 1. The van der Waals surface area contributed by atoms with Crippen molar-refractivity contribution in [3.05, 3.63) is 71.0 Å². The van der Waals surface area contributed by atoms with Crippen LogP contribution in [0.15, 0.2) is 55.4 Å². The molecule has 0 atom stereocenters. The summed E-state index contributed by atoms with van der Waals surface area (Å²) in [5, 5.41) is 3.45. The molecule has 0 radical (unpaired) electrons. The molecule has 0 saturated carbocycles. The monoisotopic (exact) mass is 788 g/mol. The minimum Gasteiger partial charge on any atom is -0.495 e. The number of carbonyl (C=O) groups excluding carboxylic acids is 1. The number of methoxy groups -OCH3 is 2. The Kier molecular flexibility index (Phi) is 13.0. The van der Waals surface area contributed by atoms with Crippen LogP contribution in [0.1, 0.15) is 31.1 Å². The summed E-state index contributed by atoms with van der Waals surface area (Å²) < 4.78 is 10.8. The van der Waals surface area contributed by atoms with E-state index in [-0.39, 0.29) is 5.91 Å². The lowest BCUT2D eigenvalue weighted by atomic mass is 9.99. The lowest BCUT2D eigenvalue weighted by molar-refractivity contribution is 0.102. The molecule has 5 heterocycles. The summed E-state index contributed by atoms with van der Waals surface area (Å²) in [6, 6.07) is 5.62. The number of rotatable bonds is 9. The third kappa shape index (κ3) is 9.07. The van der Waals surface area contributed by atoms with Crippen LogP contribution >= 0.6 is 23.2 Å². The quantitative estimate of drug-likeness (QED) is 0.195. The molecule has 0 bridgehead atoms. The van der Waals surface area contributed by atoms with Gasteiger partial charge in [-0.2, -0.15) is 0 Å². The summed E-state index contributed by atoms with van der Waals surface area (Å²) in [7, 11) is 3.01. The number of nitrogens with two attached hydrogens (primary N) is 1. The van der Waals surface area contributed by atoms with E-state index < -0.39 is 0 Å². The zero-order chi connectivity index (χ0) is 39.1. The van der Waals surface area contributed by atoms with E-state index >= 15 is 0 Å². The number of benzene rings is 2. The molecule has 290 valence electrons. The van der Waals surface area contributed by atoms with Crippen molar-refractivity contribution < 1.29 is 14.3 Å². The molecule has 2 aromatic carbocycles. The maximum absolute atomic E-state index is 13.3. The lowest BCUT2D eigenvalue weighted by Crippen LogP contribution is -2.49. The molecule has 17 heteroatoms. The number of likely N-dealkylation sites (N-methyl/N-ethyl adjacent to an activating group) is 1. The summed E-state index contributed by atoms with van der Waals surface area (Å²) in [6.45, 7) is 15.5. The van der Waals surface area contributed by atoms with Crippen molar-refractivity contribution in [2.45, 2.75) is 26.8 Å². The van der Waals surface area contributed by atoms with Gasteiger partial charge < -0.3 is 35.2 Å². The van der Waals surface area contributed by atoms with Crippen molar-refractivity contribution in [1.82, 2.24) is 39.7 Å². The zero-order valence-corrected chi connectivity index (χ0v) is 33.2. The number of aromatic nitrogens is 6. The molecule has 15 nitrogen and oxygen atoms in total. The minimum atomic E-state index is -0.375. The summed E-state index contributed by atoms with van der Waals surface area (Å²) in [6.07, 6.45) is 9.61. The first-order valence-electron chi connectivity index (χ1n) is 18.1. The number of ether oxygens (including phenoxy) is 2. The van der Waals surface area contributed by atoms with E-state index in [1.54, 1.807) is 49.2 Å². The van der Waals surface area contributed by atoms with E-state index in [1.807, 2.05) is 0 Å². The van der Waals surface area contributed by atoms with Crippen molar-refractivity contribution in [2.75, 3.05) is 94.0 Å². The molecule has 3 aromatic heterocycles. The van der Waals surface area contributed by atoms with E-state index in [0.717, 1.165) is 64.9 Å². The van der Waals surface area contributed by atoms with Crippen LogP contribution in [0.25, 0.3) is 22.2 Å². The summed E-state index contributed by atoms with van der Waals surface area (Å²) in [5.41, 5.74) is 8.86. The van der Waals surface area contributed by atoms with Gasteiger partial charge in [0.1, 0.15) is 17.0 Å². The van der Waals surface area contributed by atoms with Gasteiger partial charge in [-0.25, -0.2) is 19.9 Å². The Balaban J connectivity index is 0.000000268. The molecule has 1 amide bonds. The van der Waals surface area contributed by atoms with Crippen molar-refractivity contribution in [3.8, 4) is 22.6 Å². The van der Waals surface area contributed by atoms with E-state index in [0.29, 0.717) is 72.6 Å². The van der Waals surface area contributed by atoms with E-state index in [9.17, 15) is 4.79 Å². The first-order chi connectivity index (χ1) is 26.6. The Hall–Kier alpha value is -5.09. The van der Waals surface area contributed by atoms with Gasteiger partial charge in [-0.15, -0.1) is 0 Å². The Bertz CT molecular complexity index is 2050. The van der Waals surface area contributed by atoms with Gasteiger partial charge in [-0.05, 0) is 26.5 Å². The van der Waals surface area contributed by atoms with Crippen molar-refractivity contribution in [3.63, 3.8) is 0 Å². The molecule has 55 heavy (non-hydrogen) atoms. The number of nitrogens with one attached hydrogen (secondary N) is 1. The molecule has 7 rings (SSSR count). The molecule has 2 aliphatic rings. The number of anilines is 4.